The van der Waals surface area contributed by atoms with Crippen LogP contribution in [0.5, 0.6) is 0 Å². The Hall–Kier alpha value is -1.75. The number of nitrogens with zero attached hydrogens (tertiary/aromatic N) is 1. The average Bonchev–Trinajstić information content (AvgIpc) is 3.28. The molecule has 140 valence electrons. The Kier molecular flexibility index (Phi) is 4.59. The third-order valence-corrected chi connectivity index (χ3v) is 6.64. The lowest BCUT2D eigenvalue weighted by atomic mass is 9.82. The van der Waals surface area contributed by atoms with E-state index in [1.807, 2.05) is 18.7 Å². The molecule has 0 radical (unpaired) electrons. The summed E-state index contributed by atoms with van der Waals surface area (Å²) in [6, 6.07) is 4.93. The Morgan fingerprint density at radius 2 is 1.81 bits per heavy atom. The molecule has 1 aromatic carbocycles. The first kappa shape index (κ1) is 17.7. The van der Waals surface area contributed by atoms with E-state index in [0.29, 0.717) is 28.1 Å². The summed E-state index contributed by atoms with van der Waals surface area (Å²) in [5.41, 5.74) is 0.989. The second-order valence-corrected chi connectivity index (χ2v) is 8.73. The van der Waals surface area contributed by atoms with Crippen molar-refractivity contribution in [3.05, 3.63) is 28.8 Å². The molecule has 1 aliphatic heterocycles. The highest BCUT2D eigenvalue weighted by Crippen LogP contribution is 2.55. The van der Waals surface area contributed by atoms with Crippen LogP contribution in [0.25, 0.3) is 0 Å². The molecule has 4 atom stereocenters. The van der Waals surface area contributed by atoms with Gasteiger partial charge in [-0.3, -0.25) is 4.79 Å². The van der Waals surface area contributed by atoms with Crippen LogP contribution in [0.2, 0.25) is 5.02 Å². The van der Waals surface area contributed by atoms with Crippen LogP contribution in [0.1, 0.15) is 43.5 Å². The summed E-state index contributed by atoms with van der Waals surface area (Å²) in [4.78, 5) is 26.9. The number of benzene rings is 1. The third-order valence-electron chi connectivity index (χ3n) is 6.31. The first-order valence-electron chi connectivity index (χ1n) is 9.58. The Labute approximate surface area is 159 Å². The number of carbonyl (C=O) groups is 2. The van der Waals surface area contributed by atoms with Crippen molar-refractivity contribution >= 4 is 29.2 Å². The predicted octanol–water partition coefficient (Wildman–Crippen LogP) is 3.99. The summed E-state index contributed by atoms with van der Waals surface area (Å²) in [5.74, 6) is 2.82. The molecule has 0 aromatic heterocycles. The van der Waals surface area contributed by atoms with Crippen molar-refractivity contribution in [1.82, 2.24) is 10.2 Å². The van der Waals surface area contributed by atoms with Crippen molar-refractivity contribution in [2.24, 2.45) is 23.7 Å². The Morgan fingerprint density at radius 1 is 1.15 bits per heavy atom. The van der Waals surface area contributed by atoms with Gasteiger partial charge in [0.25, 0.3) is 5.91 Å². The van der Waals surface area contributed by atoms with Gasteiger partial charge in [0.05, 0.1) is 10.7 Å². The van der Waals surface area contributed by atoms with Crippen LogP contribution >= 0.6 is 11.6 Å². The molecular formula is C20H26ClN3O2. The minimum absolute atomic E-state index is 0.0515. The Balaban J connectivity index is 1.44. The monoisotopic (exact) mass is 375 g/mol. The lowest BCUT2D eigenvalue weighted by molar-refractivity contribution is 0.0943. The van der Waals surface area contributed by atoms with Crippen molar-refractivity contribution in [1.29, 1.82) is 0 Å². The average molecular weight is 376 g/mol. The van der Waals surface area contributed by atoms with E-state index in [2.05, 4.69) is 10.6 Å². The van der Waals surface area contributed by atoms with E-state index in [9.17, 15) is 9.59 Å². The highest BCUT2D eigenvalue weighted by atomic mass is 35.5. The van der Waals surface area contributed by atoms with Gasteiger partial charge in [-0.25, -0.2) is 4.79 Å². The minimum atomic E-state index is -0.167. The van der Waals surface area contributed by atoms with Crippen LogP contribution in [0.4, 0.5) is 10.5 Å². The van der Waals surface area contributed by atoms with E-state index in [0.717, 1.165) is 24.9 Å². The first-order chi connectivity index (χ1) is 12.4. The molecule has 2 bridgehead atoms. The van der Waals surface area contributed by atoms with Crippen LogP contribution in [0.3, 0.4) is 0 Å². The molecule has 1 saturated heterocycles. The topological polar surface area (TPSA) is 61.4 Å². The Bertz CT molecular complexity index is 718. The zero-order valence-electron chi connectivity index (χ0n) is 15.3. The molecule has 26 heavy (non-hydrogen) atoms. The Morgan fingerprint density at radius 3 is 2.42 bits per heavy atom. The number of amides is 3. The van der Waals surface area contributed by atoms with Crippen LogP contribution in [0, 0.1) is 23.7 Å². The second kappa shape index (κ2) is 6.76. The fraction of sp³-hybridized carbons (Fsp3) is 0.600. The quantitative estimate of drug-likeness (QED) is 0.839. The molecule has 5 nitrogen and oxygen atoms in total. The molecule has 3 fully saturated rings. The number of rotatable bonds is 3. The third kappa shape index (κ3) is 3.18. The largest absolute Gasteiger partial charge is 0.350 e. The van der Waals surface area contributed by atoms with Crippen molar-refractivity contribution in [2.75, 3.05) is 18.4 Å². The number of likely N-dealkylation sites (tertiary alicyclic amines) is 1. The number of anilines is 1. The molecule has 0 unspecified atom stereocenters. The maximum atomic E-state index is 12.7. The van der Waals surface area contributed by atoms with Gasteiger partial charge in [-0.15, -0.1) is 0 Å². The van der Waals surface area contributed by atoms with Crippen LogP contribution in [-0.4, -0.2) is 36.0 Å². The predicted molar refractivity (Wildman–Crippen MR) is 102 cm³/mol. The summed E-state index contributed by atoms with van der Waals surface area (Å²) < 4.78 is 0. The fourth-order valence-electron chi connectivity index (χ4n) is 5.15. The van der Waals surface area contributed by atoms with Crippen LogP contribution in [-0.2, 0) is 0 Å². The zero-order chi connectivity index (χ0) is 18.4. The lowest BCUT2D eigenvalue weighted by Crippen LogP contribution is -2.34. The normalized spacial score (nSPS) is 29.2. The number of halogens is 1. The molecule has 3 amide bonds. The van der Waals surface area contributed by atoms with E-state index >= 15 is 0 Å². The van der Waals surface area contributed by atoms with Crippen molar-refractivity contribution in [3.8, 4) is 0 Å². The van der Waals surface area contributed by atoms with E-state index in [1.165, 1.54) is 19.3 Å². The molecule has 2 aliphatic carbocycles. The second-order valence-electron chi connectivity index (χ2n) is 8.32. The van der Waals surface area contributed by atoms with Gasteiger partial charge in [0.1, 0.15) is 0 Å². The molecule has 1 aromatic rings. The SMILES string of the molecule is CC(C)NC(=O)c1ccc(Cl)c(NC(=O)N2C[C@@H]3[C@@H]4CC[C@@H](C4)[C@@H]3C2)c1. The van der Waals surface area contributed by atoms with E-state index < -0.39 is 0 Å². The summed E-state index contributed by atoms with van der Waals surface area (Å²) in [6.45, 7) is 5.52. The maximum absolute atomic E-state index is 12.7. The standard InChI is InChI=1S/C20H26ClN3O2/c1-11(2)22-19(25)14-5-6-17(21)18(8-14)23-20(26)24-9-15-12-3-4-13(7-12)16(15)10-24/h5-6,8,11-13,15-16H,3-4,7,9-10H2,1-2H3,(H,22,25)(H,23,26)/t12-,13+,15-,16+. The van der Waals surface area contributed by atoms with Crippen molar-refractivity contribution < 1.29 is 9.59 Å². The molecular weight excluding hydrogens is 350 g/mol. The molecule has 2 saturated carbocycles. The number of hydrogen-bond acceptors (Lipinski definition) is 2. The van der Waals surface area contributed by atoms with Gasteiger partial charge in [-0.05, 0) is 75.0 Å². The molecule has 4 rings (SSSR count). The van der Waals surface area contributed by atoms with Gasteiger partial charge in [-0.1, -0.05) is 11.6 Å². The smallest absolute Gasteiger partial charge is 0.321 e. The van der Waals surface area contributed by atoms with Crippen LogP contribution < -0.4 is 10.6 Å². The highest BCUT2D eigenvalue weighted by molar-refractivity contribution is 6.33. The number of carbonyl (C=O) groups excluding carboxylic acids is 2. The number of fused-ring (bicyclic) bond motifs is 5. The molecule has 6 heteroatoms. The van der Waals surface area contributed by atoms with Gasteiger partial charge in [0.15, 0.2) is 0 Å². The molecule has 3 aliphatic rings. The number of hydrogen-bond donors (Lipinski definition) is 2. The van der Waals surface area contributed by atoms with Gasteiger partial charge in [0.2, 0.25) is 0 Å². The van der Waals surface area contributed by atoms with Crippen LogP contribution in [0.15, 0.2) is 18.2 Å². The van der Waals surface area contributed by atoms with Gasteiger partial charge in [-0.2, -0.15) is 0 Å². The first-order valence-corrected chi connectivity index (χ1v) is 9.96. The fourth-order valence-corrected chi connectivity index (χ4v) is 5.31. The number of nitrogens with one attached hydrogen (secondary N) is 2. The zero-order valence-corrected chi connectivity index (χ0v) is 16.1. The maximum Gasteiger partial charge on any atom is 0.321 e. The summed E-state index contributed by atoms with van der Waals surface area (Å²) in [6.07, 6.45) is 4.03. The van der Waals surface area contributed by atoms with E-state index in [-0.39, 0.29) is 18.0 Å². The summed E-state index contributed by atoms with van der Waals surface area (Å²) >= 11 is 6.24. The molecule has 1 heterocycles. The summed E-state index contributed by atoms with van der Waals surface area (Å²) in [5, 5.41) is 6.21. The van der Waals surface area contributed by atoms with Gasteiger partial charge < -0.3 is 15.5 Å². The summed E-state index contributed by atoms with van der Waals surface area (Å²) in [7, 11) is 0. The lowest BCUT2D eigenvalue weighted by Gasteiger charge is -2.22. The van der Waals surface area contributed by atoms with E-state index in [4.69, 9.17) is 11.6 Å². The highest BCUT2D eigenvalue weighted by Gasteiger charge is 2.52. The number of urea groups is 1. The minimum Gasteiger partial charge on any atom is -0.350 e. The van der Waals surface area contributed by atoms with Crippen molar-refractivity contribution in [3.63, 3.8) is 0 Å². The van der Waals surface area contributed by atoms with Gasteiger partial charge in [0, 0.05) is 24.7 Å². The molecule has 2 N–H and O–H groups in total. The van der Waals surface area contributed by atoms with E-state index in [1.54, 1.807) is 18.2 Å². The van der Waals surface area contributed by atoms with Gasteiger partial charge >= 0.3 is 6.03 Å². The van der Waals surface area contributed by atoms with Crippen molar-refractivity contribution in [2.45, 2.75) is 39.2 Å². The molecule has 0 spiro atoms.